The zero-order valence-electron chi connectivity index (χ0n) is 10.8. The van der Waals surface area contributed by atoms with Crippen molar-refractivity contribution in [3.8, 4) is 0 Å². The number of amides is 1. The van der Waals surface area contributed by atoms with Gasteiger partial charge in [-0.1, -0.05) is 18.2 Å². The van der Waals surface area contributed by atoms with E-state index >= 15 is 0 Å². The Bertz CT molecular complexity index is 683. The Hall–Kier alpha value is -2.89. The summed E-state index contributed by atoms with van der Waals surface area (Å²) in [6, 6.07) is 11.3. The molecule has 3 N–H and O–H groups in total. The lowest BCUT2D eigenvalue weighted by Gasteiger charge is -2.08. The third-order valence-electron chi connectivity index (χ3n) is 2.88. The first kappa shape index (κ1) is 13.5. The van der Waals surface area contributed by atoms with E-state index in [-0.39, 0.29) is 16.9 Å². The molecule has 0 saturated heterocycles. The number of aryl methyl sites for hydroxylation is 1. The van der Waals surface area contributed by atoms with Crippen LogP contribution >= 0.6 is 0 Å². The van der Waals surface area contributed by atoms with E-state index in [1.54, 1.807) is 12.1 Å². The lowest BCUT2D eigenvalue weighted by atomic mass is 10.1. The summed E-state index contributed by atoms with van der Waals surface area (Å²) in [6.07, 6.45) is 0. The maximum absolute atomic E-state index is 12.1. The van der Waals surface area contributed by atoms with E-state index in [0.29, 0.717) is 5.69 Å². The van der Waals surface area contributed by atoms with E-state index in [1.807, 2.05) is 19.1 Å². The van der Waals surface area contributed by atoms with Gasteiger partial charge >= 0.3 is 0 Å². The fraction of sp³-hybridized carbons (Fsp3) is 0.0714. The first-order chi connectivity index (χ1) is 9.49. The molecule has 0 aliphatic rings. The van der Waals surface area contributed by atoms with E-state index < -0.39 is 10.8 Å². The maximum atomic E-state index is 12.1. The summed E-state index contributed by atoms with van der Waals surface area (Å²) >= 11 is 0. The van der Waals surface area contributed by atoms with Gasteiger partial charge in [0, 0.05) is 17.3 Å². The SMILES string of the molecule is Cc1ccccc1NC(=O)c1ccc(N)c([N+](=O)[O-])c1. The minimum absolute atomic E-state index is 0.0300. The van der Waals surface area contributed by atoms with Gasteiger partial charge in [-0.25, -0.2) is 0 Å². The van der Waals surface area contributed by atoms with Crippen molar-refractivity contribution in [1.82, 2.24) is 0 Å². The van der Waals surface area contributed by atoms with Crippen LogP contribution in [0.2, 0.25) is 0 Å². The lowest BCUT2D eigenvalue weighted by Crippen LogP contribution is -2.13. The number of rotatable bonds is 3. The topological polar surface area (TPSA) is 98.3 Å². The Morgan fingerprint density at radius 2 is 1.95 bits per heavy atom. The molecule has 6 heteroatoms. The fourth-order valence-corrected chi connectivity index (χ4v) is 1.75. The molecule has 0 aliphatic carbocycles. The number of nitrogen functional groups attached to an aromatic ring is 1. The van der Waals surface area contributed by atoms with Crippen molar-refractivity contribution in [3.63, 3.8) is 0 Å². The predicted molar refractivity (Wildman–Crippen MR) is 76.6 cm³/mol. The summed E-state index contributed by atoms with van der Waals surface area (Å²) in [7, 11) is 0. The highest BCUT2D eigenvalue weighted by Gasteiger charge is 2.16. The van der Waals surface area contributed by atoms with Crippen LogP contribution in [0.15, 0.2) is 42.5 Å². The first-order valence-electron chi connectivity index (χ1n) is 5.90. The van der Waals surface area contributed by atoms with Crippen LogP contribution in [0.1, 0.15) is 15.9 Å². The molecule has 0 spiro atoms. The number of anilines is 2. The molecule has 0 bridgehead atoms. The second kappa shape index (κ2) is 5.40. The zero-order chi connectivity index (χ0) is 14.7. The number of carbonyl (C=O) groups is 1. The number of hydrogen-bond donors (Lipinski definition) is 2. The Morgan fingerprint density at radius 1 is 1.25 bits per heavy atom. The van der Waals surface area contributed by atoms with Crippen molar-refractivity contribution in [2.45, 2.75) is 6.92 Å². The van der Waals surface area contributed by atoms with Crippen molar-refractivity contribution in [3.05, 3.63) is 63.7 Å². The molecule has 0 unspecified atom stereocenters. The second-order valence-corrected chi connectivity index (χ2v) is 4.30. The van der Waals surface area contributed by atoms with Gasteiger partial charge in [0.25, 0.3) is 11.6 Å². The summed E-state index contributed by atoms with van der Waals surface area (Å²) in [4.78, 5) is 22.3. The summed E-state index contributed by atoms with van der Waals surface area (Å²) < 4.78 is 0. The predicted octanol–water partition coefficient (Wildman–Crippen LogP) is 2.74. The van der Waals surface area contributed by atoms with Crippen molar-refractivity contribution in [1.29, 1.82) is 0 Å². The van der Waals surface area contributed by atoms with Crippen molar-refractivity contribution in [2.75, 3.05) is 11.1 Å². The van der Waals surface area contributed by atoms with Gasteiger partial charge in [0.1, 0.15) is 5.69 Å². The highest BCUT2D eigenvalue weighted by molar-refractivity contribution is 6.05. The van der Waals surface area contributed by atoms with Gasteiger partial charge in [-0.15, -0.1) is 0 Å². The number of nitro benzene ring substituents is 1. The molecule has 2 aromatic rings. The Balaban J connectivity index is 2.28. The summed E-state index contributed by atoms with van der Waals surface area (Å²) in [5.74, 6) is -0.414. The number of benzene rings is 2. The van der Waals surface area contributed by atoms with E-state index in [4.69, 9.17) is 5.73 Å². The van der Waals surface area contributed by atoms with Crippen LogP contribution in [0.25, 0.3) is 0 Å². The van der Waals surface area contributed by atoms with Gasteiger partial charge < -0.3 is 11.1 Å². The minimum atomic E-state index is -0.611. The maximum Gasteiger partial charge on any atom is 0.292 e. The Morgan fingerprint density at radius 3 is 2.60 bits per heavy atom. The van der Waals surface area contributed by atoms with Crippen LogP contribution in [0.4, 0.5) is 17.1 Å². The molecule has 1 amide bonds. The fourth-order valence-electron chi connectivity index (χ4n) is 1.75. The molecule has 20 heavy (non-hydrogen) atoms. The number of nitrogens with one attached hydrogen (secondary N) is 1. The highest BCUT2D eigenvalue weighted by atomic mass is 16.6. The molecule has 0 atom stereocenters. The monoisotopic (exact) mass is 271 g/mol. The molecule has 0 aromatic heterocycles. The van der Waals surface area contributed by atoms with E-state index in [9.17, 15) is 14.9 Å². The van der Waals surface area contributed by atoms with Crippen LogP contribution in [0.5, 0.6) is 0 Å². The minimum Gasteiger partial charge on any atom is -0.393 e. The molecule has 0 saturated carbocycles. The van der Waals surface area contributed by atoms with Crippen LogP contribution in [0.3, 0.4) is 0 Å². The van der Waals surface area contributed by atoms with Crippen molar-refractivity contribution in [2.24, 2.45) is 0 Å². The summed E-state index contributed by atoms with van der Waals surface area (Å²) in [5, 5.41) is 13.5. The summed E-state index contributed by atoms with van der Waals surface area (Å²) in [6.45, 7) is 1.86. The number of hydrogen-bond acceptors (Lipinski definition) is 4. The molecular weight excluding hydrogens is 258 g/mol. The van der Waals surface area contributed by atoms with Gasteiger partial charge in [-0.05, 0) is 30.7 Å². The van der Waals surface area contributed by atoms with E-state index in [0.717, 1.165) is 5.56 Å². The molecule has 2 rings (SSSR count). The van der Waals surface area contributed by atoms with Crippen molar-refractivity contribution >= 4 is 23.0 Å². The number of nitrogens with two attached hydrogens (primary N) is 1. The first-order valence-corrected chi connectivity index (χ1v) is 5.90. The third-order valence-corrected chi connectivity index (χ3v) is 2.88. The standard InChI is InChI=1S/C14H13N3O3/c1-9-4-2-3-5-12(9)16-14(18)10-6-7-11(15)13(8-10)17(19)20/h2-8H,15H2,1H3,(H,16,18). The number of carbonyl (C=O) groups excluding carboxylic acids is 1. The van der Waals surface area contributed by atoms with Gasteiger partial charge in [-0.2, -0.15) is 0 Å². The molecule has 6 nitrogen and oxygen atoms in total. The average Bonchev–Trinajstić information content (AvgIpc) is 2.41. The van der Waals surface area contributed by atoms with Crippen LogP contribution in [-0.2, 0) is 0 Å². The third kappa shape index (κ3) is 2.74. The van der Waals surface area contributed by atoms with Crippen LogP contribution in [0, 0.1) is 17.0 Å². The molecule has 102 valence electrons. The molecule has 0 radical (unpaired) electrons. The normalized spacial score (nSPS) is 10.1. The van der Waals surface area contributed by atoms with E-state index in [1.165, 1.54) is 18.2 Å². The largest absolute Gasteiger partial charge is 0.393 e. The molecule has 0 aliphatic heterocycles. The Kier molecular flexibility index (Phi) is 3.65. The second-order valence-electron chi connectivity index (χ2n) is 4.30. The van der Waals surface area contributed by atoms with Gasteiger partial charge in [0.2, 0.25) is 0 Å². The van der Waals surface area contributed by atoms with E-state index in [2.05, 4.69) is 5.32 Å². The molecule has 0 heterocycles. The van der Waals surface area contributed by atoms with Crippen LogP contribution in [-0.4, -0.2) is 10.8 Å². The van der Waals surface area contributed by atoms with Gasteiger partial charge in [0.15, 0.2) is 0 Å². The van der Waals surface area contributed by atoms with Crippen LogP contribution < -0.4 is 11.1 Å². The summed E-state index contributed by atoms with van der Waals surface area (Å²) in [5.41, 5.74) is 7.01. The number of nitro groups is 1. The lowest BCUT2D eigenvalue weighted by molar-refractivity contribution is -0.383. The Labute approximate surface area is 115 Å². The van der Waals surface area contributed by atoms with Gasteiger partial charge in [-0.3, -0.25) is 14.9 Å². The van der Waals surface area contributed by atoms with Gasteiger partial charge in [0.05, 0.1) is 4.92 Å². The van der Waals surface area contributed by atoms with Crippen molar-refractivity contribution < 1.29 is 9.72 Å². The molecule has 2 aromatic carbocycles. The molecular formula is C14H13N3O3. The average molecular weight is 271 g/mol. The highest BCUT2D eigenvalue weighted by Crippen LogP contribution is 2.23. The number of para-hydroxylation sites is 1. The quantitative estimate of drug-likeness (QED) is 0.509. The zero-order valence-corrected chi connectivity index (χ0v) is 10.8. The number of nitrogens with zero attached hydrogens (tertiary/aromatic N) is 1. The smallest absolute Gasteiger partial charge is 0.292 e. The molecule has 0 fully saturated rings.